The van der Waals surface area contributed by atoms with Crippen molar-refractivity contribution in [3.63, 3.8) is 0 Å². The van der Waals surface area contributed by atoms with Gasteiger partial charge in [0.05, 0.1) is 29.4 Å². The summed E-state index contributed by atoms with van der Waals surface area (Å²) >= 11 is 0. The van der Waals surface area contributed by atoms with Gasteiger partial charge >= 0.3 is 12.1 Å². The minimum atomic E-state index is -1.04. The summed E-state index contributed by atoms with van der Waals surface area (Å²) in [5.41, 5.74) is 4.77. The van der Waals surface area contributed by atoms with Gasteiger partial charge in [0.25, 0.3) is 12.4 Å². The minimum Gasteiger partial charge on any atom is -0.481 e. The van der Waals surface area contributed by atoms with Crippen LogP contribution in [0.4, 0.5) is 10.5 Å². The number of aryl methyl sites for hydroxylation is 2. The van der Waals surface area contributed by atoms with Crippen molar-refractivity contribution >= 4 is 41.0 Å². The smallest absolute Gasteiger partial charge is 0.407 e. The summed E-state index contributed by atoms with van der Waals surface area (Å²) in [6.45, 7) is 25.2. The molecule has 7 rings (SSSR count). The number of ether oxygens (including phenoxy) is 2. The minimum absolute atomic E-state index is 0.0195. The van der Waals surface area contributed by atoms with E-state index in [-0.39, 0.29) is 69.9 Å². The van der Waals surface area contributed by atoms with Gasteiger partial charge in [0.2, 0.25) is 5.52 Å². The quantitative estimate of drug-likeness (QED) is 0.0241. The first-order chi connectivity index (χ1) is 33.2. The number of aromatic nitrogens is 1. The van der Waals surface area contributed by atoms with Gasteiger partial charge in [0, 0.05) is 43.9 Å². The van der Waals surface area contributed by atoms with Crippen LogP contribution in [0.3, 0.4) is 0 Å². The number of nitrogens with one attached hydrogen (secondary N) is 2. The summed E-state index contributed by atoms with van der Waals surface area (Å²) in [6.07, 6.45) is 19.7. The van der Waals surface area contributed by atoms with Crippen LogP contribution in [0, 0.1) is 63.6 Å². The molecule has 4 N–H and O–H groups in total. The monoisotopic (exact) mass is 967 g/mol. The van der Waals surface area contributed by atoms with Gasteiger partial charge in [-0.05, 0) is 155 Å². The number of unbranched alkanes of at least 4 members (excludes halogenated alkanes) is 7. The molecular weight excluding hydrogens is 879 g/mol. The number of pyridine rings is 1. The van der Waals surface area contributed by atoms with Crippen molar-refractivity contribution in [3.8, 4) is 0 Å². The zero-order chi connectivity index (χ0) is 50.6. The zero-order valence-electron chi connectivity index (χ0n) is 44.2. The molecule has 0 radical (unpaired) electrons. The molecule has 70 heavy (non-hydrogen) atoms. The number of carbonyl (C=O) groups is 4. The normalized spacial score (nSPS) is 32.3. The Hall–Kier alpha value is -4.25. The lowest BCUT2D eigenvalue weighted by atomic mass is 9.32. The number of fused-ring (bicyclic) bond motifs is 8. The van der Waals surface area contributed by atoms with Gasteiger partial charge in [-0.25, -0.2) is 4.79 Å². The van der Waals surface area contributed by atoms with Crippen molar-refractivity contribution in [2.45, 2.75) is 196 Å². The number of aliphatic hydroxyl groups is 1. The number of aliphatic hydroxyl groups excluding tert-OH is 1. The highest BCUT2D eigenvalue weighted by molar-refractivity contribution is 6.08. The predicted octanol–water partition coefficient (Wildman–Crippen LogP) is 12.6. The van der Waals surface area contributed by atoms with Crippen molar-refractivity contribution in [3.05, 3.63) is 59.5 Å². The Morgan fingerprint density at radius 3 is 2.23 bits per heavy atom. The van der Waals surface area contributed by atoms with Crippen molar-refractivity contribution in [2.24, 2.45) is 56.7 Å². The number of para-hydroxylation sites is 1. The molecule has 0 bridgehead atoms. The molecular formula is C59H88N3O8+. The van der Waals surface area contributed by atoms with Gasteiger partial charge in [-0.3, -0.25) is 14.4 Å². The third-order valence-corrected chi connectivity index (χ3v) is 20.3. The first-order valence-electron chi connectivity index (χ1n) is 27.2. The van der Waals surface area contributed by atoms with Crippen molar-refractivity contribution in [1.29, 1.82) is 0 Å². The molecule has 2 aromatic rings. The fraction of sp³-hybridized carbons (Fsp3) is 0.712. The maximum atomic E-state index is 13.3. The molecule has 5 fully saturated rings. The maximum Gasteiger partial charge on any atom is 0.407 e. The molecule has 1 heterocycles. The van der Waals surface area contributed by atoms with Crippen LogP contribution < -0.4 is 15.2 Å². The van der Waals surface area contributed by atoms with Crippen LogP contribution in [0.1, 0.15) is 183 Å². The fourth-order valence-electron chi connectivity index (χ4n) is 16.3. The Morgan fingerprint density at radius 1 is 0.829 bits per heavy atom. The lowest BCUT2D eigenvalue weighted by Gasteiger charge is -2.73. The zero-order valence-corrected chi connectivity index (χ0v) is 44.2. The molecule has 5 unspecified atom stereocenters. The van der Waals surface area contributed by atoms with E-state index >= 15 is 0 Å². The number of benzene rings is 1. The Kier molecular flexibility index (Phi) is 16.7. The van der Waals surface area contributed by atoms with Gasteiger partial charge in [-0.15, -0.1) is 0 Å². The van der Waals surface area contributed by atoms with E-state index < -0.39 is 11.9 Å². The Balaban J connectivity index is 0.832. The van der Waals surface area contributed by atoms with Crippen molar-refractivity contribution < 1.29 is 43.4 Å². The number of carboxylic acids is 1. The molecule has 5 aliphatic rings. The van der Waals surface area contributed by atoms with Crippen LogP contribution in [0.25, 0.3) is 10.9 Å². The Morgan fingerprint density at radius 2 is 1.53 bits per heavy atom. The number of alkyl carbamates (subject to hydrolysis) is 1. The second-order valence-electron chi connectivity index (χ2n) is 24.2. The molecule has 0 aliphatic heterocycles. The average Bonchev–Trinajstić information content (AvgIpc) is 3.70. The van der Waals surface area contributed by atoms with Crippen molar-refractivity contribution in [2.75, 3.05) is 18.5 Å². The third kappa shape index (κ3) is 10.3. The van der Waals surface area contributed by atoms with Crippen LogP contribution in [0.2, 0.25) is 0 Å². The van der Waals surface area contributed by atoms with E-state index in [0.29, 0.717) is 48.4 Å². The van der Waals surface area contributed by atoms with E-state index in [0.717, 1.165) is 93.8 Å². The molecule has 1 aromatic heterocycles. The predicted molar refractivity (Wildman–Crippen MR) is 275 cm³/mol. The van der Waals surface area contributed by atoms with E-state index in [1.54, 1.807) is 0 Å². The Bertz CT molecular complexity index is 2290. The number of rotatable bonds is 21. The van der Waals surface area contributed by atoms with E-state index in [1.807, 2.05) is 37.3 Å². The number of allylic oxidation sites excluding steroid dienone is 2. The van der Waals surface area contributed by atoms with E-state index in [4.69, 9.17) is 9.47 Å². The molecule has 1 aromatic carbocycles. The van der Waals surface area contributed by atoms with Gasteiger partial charge < -0.3 is 30.3 Å². The molecule has 5 aliphatic carbocycles. The molecule has 11 nitrogen and oxygen atoms in total. The number of hydrogen-bond donors (Lipinski definition) is 4. The van der Waals surface area contributed by atoms with Crippen molar-refractivity contribution in [1.82, 2.24) is 5.32 Å². The summed E-state index contributed by atoms with van der Waals surface area (Å²) < 4.78 is 13.4. The molecule has 2 amide bonds. The van der Waals surface area contributed by atoms with Crippen LogP contribution in [0.15, 0.2) is 53.8 Å². The largest absolute Gasteiger partial charge is 0.481 e. The summed E-state index contributed by atoms with van der Waals surface area (Å²) in [5.74, 6) is 1.36. The number of carboxylic acid groups (broad SMARTS) is 1. The first kappa shape index (κ1) is 53.5. The second-order valence-corrected chi connectivity index (χ2v) is 24.2. The van der Waals surface area contributed by atoms with Gasteiger partial charge in [0.15, 0.2) is 5.69 Å². The lowest BCUT2D eigenvalue weighted by molar-refractivity contribution is -0.677. The highest BCUT2D eigenvalue weighted by Gasteiger charge is 2.71. The highest BCUT2D eigenvalue weighted by Crippen LogP contribution is 2.77. The molecule has 0 spiro atoms. The summed E-state index contributed by atoms with van der Waals surface area (Å²) in [7, 11) is 0. The molecule has 386 valence electrons. The summed E-state index contributed by atoms with van der Waals surface area (Å²) in [6, 6.07) is 9.86. The van der Waals surface area contributed by atoms with Gasteiger partial charge in [-0.2, -0.15) is 4.57 Å². The van der Waals surface area contributed by atoms with Gasteiger partial charge in [-0.1, -0.05) is 91.0 Å². The highest BCUT2D eigenvalue weighted by atomic mass is 16.5. The van der Waals surface area contributed by atoms with Crippen LogP contribution in [-0.2, 0) is 30.4 Å². The summed E-state index contributed by atoms with van der Waals surface area (Å²) in [5, 5.41) is 27.3. The average molecular weight is 967 g/mol. The first-order valence-corrected chi connectivity index (χ1v) is 27.2. The van der Waals surface area contributed by atoms with Gasteiger partial charge in [0.1, 0.15) is 12.3 Å². The fourth-order valence-corrected chi connectivity index (χ4v) is 16.3. The number of amides is 2. The molecule has 5 saturated carbocycles. The number of anilines is 1. The molecule has 0 saturated heterocycles. The van der Waals surface area contributed by atoms with Crippen LogP contribution in [0.5, 0.6) is 0 Å². The van der Waals surface area contributed by atoms with Crippen LogP contribution >= 0.6 is 0 Å². The third-order valence-electron chi connectivity index (χ3n) is 20.3. The SMILES string of the molecule is C=C(C)C1CC[C@]2(COC(=O)NCCCCCCCCCC[n+]3c(C)cc(NC(=O)/C(CCC(=O)O)=C(/C)OC=O)c4ccccc43)CC[C@]3(C)C(CCC4[C@@]5(C)CC[C@H](O)C(C)(C)C5CC[C@]43C)C12. The van der Waals surface area contributed by atoms with Crippen LogP contribution in [-0.4, -0.2) is 53.9 Å². The maximum absolute atomic E-state index is 13.3. The molecule has 10 atom stereocenters. The number of aliphatic carboxylic acids is 1. The number of nitrogens with zero attached hydrogens (tertiary/aromatic N) is 1. The number of carbonyl (C=O) groups excluding carboxylic acids is 3. The topological polar surface area (TPSA) is 155 Å². The lowest BCUT2D eigenvalue weighted by Crippen LogP contribution is -2.66. The summed E-state index contributed by atoms with van der Waals surface area (Å²) in [4.78, 5) is 48.9. The second kappa shape index (κ2) is 21.8. The number of hydrogen-bond acceptors (Lipinski definition) is 7. The standard InChI is InChI=1S/C59H87N3O8/c1-39(2)42-26-31-59(33-32-57(8)45(52(42)59)23-24-49-56(7)29-28-50(64)55(5,6)48(56)27-30-58(49,57)9)37-69-54(68)60-34-18-14-12-10-11-13-15-19-35-62-40(3)36-46(44-20-16-17-21-47(44)62)61-53(67)43(22-25-51(65)66)41(4)70-38-63/h16-17,20-21,36,38,42,45,48-50,52,64H,1,10-15,18-19,22-35,37H2,2-9H3,(H2,60,65,66,68)/p+1/b43-41-/t42?,45?,48?,49?,50-,52?,56-,57+,58+,59+/m0/s1. The Labute approximate surface area is 419 Å². The molecule has 11 heteroatoms. The van der Waals surface area contributed by atoms with E-state index in [9.17, 15) is 29.4 Å². The van der Waals surface area contributed by atoms with E-state index in [1.165, 1.54) is 57.4 Å². The van der Waals surface area contributed by atoms with E-state index in [2.05, 4.69) is 63.3 Å².